The predicted molar refractivity (Wildman–Crippen MR) is 254 cm³/mol. The van der Waals surface area contributed by atoms with E-state index in [4.69, 9.17) is 0 Å². The Morgan fingerprint density at radius 2 is 1.12 bits per heavy atom. The van der Waals surface area contributed by atoms with E-state index in [0.717, 1.165) is 29.9 Å². The van der Waals surface area contributed by atoms with Gasteiger partial charge < -0.3 is 9.80 Å². The summed E-state index contributed by atoms with van der Waals surface area (Å²) in [5, 5.41) is 5.39. The van der Waals surface area contributed by atoms with Gasteiger partial charge in [-0.05, 0) is 130 Å². The standard InChI is InChI=1S/C54H48N2S2/c1-53(2,3)35-20-24-39(25-21-35)55(37-14-9-7-10-15-37)41-28-30-43-46-34-50-51(45-18-13-19-47(52(45)46)57-48(43)32-41)44-31-29-42(33-49(44)58-50)56(38-16-11-8-12-17-38)40-26-22-36(23-27-40)54(4,5)6/h7-11,13-16,18-34H,12,17H2,1-6H3. The highest BCUT2D eigenvalue weighted by atomic mass is 32.2. The second-order valence-corrected chi connectivity index (χ2v) is 19.9. The summed E-state index contributed by atoms with van der Waals surface area (Å²) in [5.74, 6) is 0. The number of rotatable bonds is 6. The van der Waals surface area contributed by atoms with E-state index in [2.05, 4.69) is 209 Å². The lowest BCUT2D eigenvalue weighted by Crippen LogP contribution is -2.18. The van der Waals surface area contributed by atoms with Crippen LogP contribution in [0.25, 0.3) is 42.1 Å². The summed E-state index contributed by atoms with van der Waals surface area (Å²) >= 11 is 3.82. The van der Waals surface area contributed by atoms with Crippen LogP contribution in [0.15, 0.2) is 173 Å². The number of fused-ring (bicyclic) bond motifs is 6. The van der Waals surface area contributed by atoms with Gasteiger partial charge in [-0.2, -0.15) is 0 Å². The Morgan fingerprint density at radius 1 is 0.483 bits per heavy atom. The molecule has 0 radical (unpaired) electrons. The van der Waals surface area contributed by atoms with Gasteiger partial charge in [0.05, 0.1) is 0 Å². The van der Waals surface area contributed by atoms with Crippen LogP contribution in [0.4, 0.5) is 28.4 Å². The van der Waals surface area contributed by atoms with E-state index < -0.39 is 0 Å². The Balaban J connectivity index is 1.08. The molecule has 7 aromatic carbocycles. The first-order valence-corrected chi connectivity index (χ1v) is 22.1. The number of benzene rings is 7. The van der Waals surface area contributed by atoms with E-state index in [1.165, 1.54) is 80.1 Å². The molecule has 58 heavy (non-hydrogen) atoms. The molecule has 1 aliphatic carbocycles. The van der Waals surface area contributed by atoms with Crippen molar-refractivity contribution in [2.45, 2.75) is 75.0 Å². The summed E-state index contributed by atoms with van der Waals surface area (Å²) in [5.41, 5.74) is 12.7. The fraction of sp³-hybridized carbons (Fsp3) is 0.185. The normalized spacial score (nSPS) is 13.9. The van der Waals surface area contributed by atoms with Gasteiger partial charge in [0.1, 0.15) is 0 Å². The largest absolute Gasteiger partial charge is 0.314 e. The second kappa shape index (κ2) is 14.1. The molecule has 8 aromatic rings. The summed E-state index contributed by atoms with van der Waals surface area (Å²) < 4.78 is 2.65. The molecule has 0 unspecified atom stereocenters. The highest BCUT2D eigenvalue weighted by Gasteiger charge is 2.26. The first-order chi connectivity index (χ1) is 28.0. The van der Waals surface area contributed by atoms with E-state index in [0.29, 0.717) is 0 Å². The zero-order valence-electron chi connectivity index (χ0n) is 34.1. The zero-order valence-corrected chi connectivity index (χ0v) is 35.8. The van der Waals surface area contributed by atoms with Crippen molar-refractivity contribution in [3.8, 4) is 11.1 Å². The van der Waals surface area contributed by atoms with Gasteiger partial charge in [0.25, 0.3) is 0 Å². The van der Waals surface area contributed by atoms with Crippen molar-refractivity contribution in [1.82, 2.24) is 0 Å². The molecule has 0 amide bonds. The molecular formula is C54H48N2S2. The van der Waals surface area contributed by atoms with Crippen LogP contribution in [-0.4, -0.2) is 0 Å². The van der Waals surface area contributed by atoms with Crippen LogP contribution in [0.2, 0.25) is 0 Å². The van der Waals surface area contributed by atoms with Gasteiger partial charge in [0, 0.05) is 69.5 Å². The van der Waals surface area contributed by atoms with E-state index in [9.17, 15) is 0 Å². The van der Waals surface area contributed by atoms with Crippen LogP contribution < -0.4 is 9.80 Å². The van der Waals surface area contributed by atoms with Gasteiger partial charge in [0.15, 0.2) is 0 Å². The lowest BCUT2D eigenvalue weighted by atomic mass is 9.87. The van der Waals surface area contributed by atoms with Crippen molar-refractivity contribution in [3.63, 3.8) is 0 Å². The van der Waals surface area contributed by atoms with E-state index in [1.807, 2.05) is 23.1 Å². The monoisotopic (exact) mass is 788 g/mol. The molecule has 0 bridgehead atoms. The maximum Gasteiger partial charge on any atom is 0.0473 e. The molecule has 2 aliphatic rings. The van der Waals surface area contributed by atoms with Gasteiger partial charge in [-0.1, -0.05) is 132 Å². The minimum Gasteiger partial charge on any atom is -0.314 e. The van der Waals surface area contributed by atoms with E-state index in [-0.39, 0.29) is 10.8 Å². The first kappa shape index (κ1) is 36.8. The zero-order chi connectivity index (χ0) is 39.8. The molecule has 0 saturated heterocycles. The molecule has 4 heteroatoms. The molecule has 0 spiro atoms. The molecule has 0 N–H and O–H groups in total. The maximum atomic E-state index is 2.47. The third-order valence-corrected chi connectivity index (χ3v) is 14.0. The van der Waals surface area contributed by atoms with Gasteiger partial charge in [-0.15, -0.1) is 11.3 Å². The molecule has 0 saturated carbocycles. The highest BCUT2D eigenvalue weighted by Crippen LogP contribution is 2.53. The van der Waals surface area contributed by atoms with Gasteiger partial charge in [-0.25, -0.2) is 0 Å². The fourth-order valence-electron chi connectivity index (χ4n) is 8.72. The number of para-hydroxylation sites is 1. The lowest BCUT2D eigenvalue weighted by Gasteiger charge is -2.30. The molecule has 2 heterocycles. The molecule has 0 atom stereocenters. The Labute approximate surface area is 351 Å². The van der Waals surface area contributed by atoms with Crippen LogP contribution in [0.5, 0.6) is 0 Å². The van der Waals surface area contributed by atoms with Gasteiger partial charge in [0.2, 0.25) is 0 Å². The van der Waals surface area contributed by atoms with Gasteiger partial charge in [-0.3, -0.25) is 0 Å². The van der Waals surface area contributed by atoms with Crippen LogP contribution >= 0.6 is 23.1 Å². The third-order valence-electron chi connectivity index (χ3n) is 11.8. The van der Waals surface area contributed by atoms with Crippen molar-refractivity contribution in [2.75, 3.05) is 9.80 Å². The molecule has 0 fully saturated rings. The van der Waals surface area contributed by atoms with E-state index >= 15 is 0 Å². The van der Waals surface area contributed by atoms with Gasteiger partial charge >= 0.3 is 0 Å². The van der Waals surface area contributed by atoms with Crippen molar-refractivity contribution < 1.29 is 0 Å². The Bertz CT molecular complexity index is 2920. The van der Waals surface area contributed by atoms with Crippen molar-refractivity contribution in [1.29, 1.82) is 0 Å². The second-order valence-electron chi connectivity index (χ2n) is 17.8. The molecule has 2 nitrogen and oxygen atoms in total. The molecule has 286 valence electrons. The SMILES string of the molecule is CC(C)(C)c1ccc(N(C2=CC=CCC2)c2ccc3c(c2)sc2cc4c5c(cccc5c23)Sc2cc(N(c3ccccc3)c3ccc(C(C)(C)C)cc3)ccc2-4)cc1. The summed E-state index contributed by atoms with van der Waals surface area (Å²) in [7, 11) is 0. The van der Waals surface area contributed by atoms with Crippen LogP contribution in [-0.2, 0) is 10.8 Å². The fourth-order valence-corrected chi connectivity index (χ4v) is 11.1. The quantitative estimate of drug-likeness (QED) is 0.166. The van der Waals surface area contributed by atoms with Crippen molar-refractivity contribution in [3.05, 3.63) is 175 Å². The minimum absolute atomic E-state index is 0.0962. The topological polar surface area (TPSA) is 6.48 Å². The highest BCUT2D eigenvalue weighted by molar-refractivity contribution is 7.99. The van der Waals surface area contributed by atoms with Crippen molar-refractivity contribution >= 4 is 82.5 Å². The molecular weight excluding hydrogens is 741 g/mol. The molecule has 1 aliphatic heterocycles. The Kier molecular flexibility index (Phi) is 8.92. The number of nitrogens with zero attached hydrogens (tertiary/aromatic N) is 2. The summed E-state index contributed by atoms with van der Waals surface area (Å²) in [6.07, 6.45) is 8.84. The minimum atomic E-state index is 0.0962. The maximum absolute atomic E-state index is 2.47. The van der Waals surface area contributed by atoms with Crippen LogP contribution in [0, 0.1) is 0 Å². The van der Waals surface area contributed by atoms with Crippen LogP contribution in [0.1, 0.15) is 65.5 Å². The Hall–Kier alpha value is -5.55. The summed E-state index contributed by atoms with van der Waals surface area (Å²) in [4.78, 5) is 7.46. The number of anilines is 5. The third kappa shape index (κ3) is 6.44. The average molecular weight is 789 g/mol. The number of hydrogen-bond donors (Lipinski definition) is 0. The Morgan fingerprint density at radius 3 is 1.79 bits per heavy atom. The lowest BCUT2D eigenvalue weighted by molar-refractivity contribution is 0.590. The number of hydrogen-bond acceptors (Lipinski definition) is 4. The van der Waals surface area contributed by atoms with E-state index in [1.54, 1.807) is 0 Å². The molecule has 1 aromatic heterocycles. The van der Waals surface area contributed by atoms with Crippen molar-refractivity contribution in [2.24, 2.45) is 0 Å². The smallest absolute Gasteiger partial charge is 0.0473 e. The molecule has 10 rings (SSSR count). The number of thiophene rings is 1. The summed E-state index contributed by atoms with van der Waals surface area (Å²) in [6, 6.07) is 52.6. The predicted octanol–water partition coefficient (Wildman–Crippen LogP) is 16.8. The number of allylic oxidation sites excluding steroid dienone is 4. The average Bonchev–Trinajstić information content (AvgIpc) is 3.60. The first-order valence-electron chi connectivity index (χ1n) is 20.5. The summed E-state index contributed by atoms with van der Waals surface area (Å²) in [6.45, 7) is 13.7. The van der Waals surface area contributed by atoms with Crippen LogP contribution in [0.3, 0.4) is 0 Å².